The lowest BCUT2D eigenvalue weighted by Crippen LogP contribution is -2.47. The van der Waals surface area contributed by atoms with Gasteiger partial charge in [0, 0.05) is 19.2 Å². The number of anilines is 1. The molecule has 0 aromatic heterocycles. The Hall–Kier alpha value is -2.77. The van der Waals surface area contributed by atoms with Gasteiger partial charge in [-0.2, -0.15) is 0 Å². The fraction of sp³-hybridized carbons (Fsp3) is 0.222. The summed E-state index contributed by atoms with van der Waals surface area (Å²) in [5.41, 5.74) is 3.61. The first-order valence-corrected chi connectivity index (χ1v) is 7.86. The lowest BCUT2D eigenvalue weighted by molar-refractivity contribution is -0.128. The highest BCUT2D eigenvalue weighted by Crippen LogP contribution is 2.33. The van der Waals surface area contributed by atoms with Crippen LogP contribution in [0.1, 0.15) is 15.9 Å². The molecule has 0 spiro atoms. The van der Waals surface area contributed by atoms with E-state index in [4.69, 9.17) is 9.94 Å². The Balaban J connectivity index is 0.00000243. The van der Waals surface area contributed by atoms with E-state index in [0.29, 0.717) is 30.1 Å². The number of ether oxygens (including phenoxy) is 1. The van der Waals surface area contributed by atoms with E-state index in [-0.39, 0.29) is 18.3 Å². The van der Waals surface area contributed by atoms with Crippen LogP contribution in [0.4, 0.5) is 5.69 Å². The van der Waals surface area contributed by atoms with Gasteiger partial charge in [-0.25, -0.2) is 5.48 Å². The molecule has 0 saturated heterocycles. The molecule has 138 valence electrons. The maximum absolute atomic E-state index is 12.4. The summed E-state index contributed by atoms with van der Waals surface area (Å²) >= 11 is 0. The molecule has 2 aromatic carbocycles. The first-order chi connectivity index (χ1) is 12.1. The molecule has 0 radical (unpaired) electrons. The standard InChI is InChI=1S/C18H19N3O4.ClH/c1-21-11-16(18(23)19-10-12-5-3-2-4-6-12)25-15-8-7-13(9-14(15)21)17(22)20-24;/h2-9,16,24H,10-11H2,1H3,(H,19,23)(H,20,22);1H. The van der Waals surface area contributed by atoms with E-state index in [1.165, 1.54) is 6.07 Å². The third kappa shape index (κ3) is 4.25. The third-order valence-corrected chi connectivity index (χ3v) is 4.04. The van der Waals surface area contributed by atoms with Gasteiger partial charge in [-0.05, 0) is 23.8 Å². The monoisotopic (exact) mass is 377 g/mol. The van der Waals surface area contributed by atoms with Crippen LogP contribution in [0.15, 0.2) is 48.5 Å². The van der Waals surface area contributed by atoms with Crippen LogP contribution >= 0.6 is 12.4 Å². The fourth-order valence-electron chi connectivity index (χ4n) is 2.69. The number of benzene rings is 2. The van der Waals surface area contributed by atoms with E-state index in [9.17, 15) is 9.59 Å². The number of hydrogen-bond acceptors (Lipinski definition) is 5. The number of likely N-dealkylation sites (N-methyl/N-ethyl adjacent to an activating group) is 1. The molecule has 3 N–H and O–H groups in total. The first-order valence-electron chi connectivity index (χ1n) is 7.86. The smallest absolute Gasteiger partial charge is 0.274 e. The summed E-state index contributed by atoms with van der Waals surface area (Å²) in [5, 5.41) is 11.6. The molecular weight excluding hydrogens is 358 g/mol. The van der Waals surface area contributed by atoms with Crippen LogP contribution in [0.2, 0.25) is 0 Å². The molecule has 1 heterocycles. The maximum Gasteiger partial charge on any atom is 0.274 e. The Labute approximate surface area is 157 Å². The van der Waals surface area contributed by atoms with Gasteiger partial charge in [-0.3, -0.25) is 14.8 Å². The van der Waals surface area contributed by atoms with Crippen LogP contribution in [0, 0.1) is 0 Å². The molecule has 0 aliphatic carbocycles. The number of amides is 2. The van der Waals surface area contributed by atoms with Gasteiger partial charge in [-0.1, -0.05) is 30.3 Å². The van der Waals surface area contributed by atoms with Crippen molar-refractivity contribution >= 4 is 29.9 Å². The number of carbonyl (C=O) groups excluding carboxylic acids is 2. The summed E-state index contributed by atoms with van der Waals surface area (Å²) in [5.74, 6) is -0.277. The SMILES string of the molecule is CN1CC(C(=O)NCc2ccccc2)Oc2ccc(C(=O)NO)cc21.Cl. The zero-order chi connectivity index (χ0) is 17.8. The zero-order valence-corrected chi connectivity index (χ0v) is 15.0. The third-order valence-electron chi connectivity index (χ3n) is 4.04. The van der Waals surface area contributed by atoms with Gasteiger partial charge in [0.1, 0.15) is 5.75 Å². The number of nitrogens with zero attached hydrogens (tertiary/aromatic N) is 1. The van der Waals surface area contributed by atoms with Crippen molar-refractivity contribution < 1.29 is 19.5 Å². The van der Waals surface area contributed by atoms with Crippen molar-refractivity contribution in [2.75, 3.05) is 18.5 Å². The summed E-state index contributed by atoms with van der Waals surface area (Å²) in [4.78, 5) is 25.7. The molecule has 3 rings (SSSR count). The molecule has 1 atom stereocenters. The van der Waals surface area contributed by atoms with Gasteiger partial charge < -0.3 is 15.0 Å². The molecule has 7 nitrogen and oxygen atoms in total. The average Bonchev–Trinajstić information content (AvgIpc) is 2.66. The van der Waals surface area contributed by atoms with E-state index in [1.54, 1.807) is 17.6 Å². The molecule has 26 heavy (non-hydrogen) atoms. The van der Waals surface area contributed by atoms with Gasteiger partial charge >= 0.3 is 0 Å². The van der Waals surface area contributed by atoms with Crippen molar-refractivity contribution in [2.24, 2.45) is 0 Å². The molecule has 1 aliphatic heterocycles. The minimum Gasteiger partial charge on any atom is -0.477 e. The topological polar surface area (TPSA) is 90.9 Å². The summed E-state index contributed by atoms with van der Waals surface area (Å²) in [6, 6.07) is 14.4. The molecule has 2 aromatic rings. The second kappa shape index (κ2) is 8.55. The van der Waals surface area contributed by atoms with Crippen LogP contribution in [0.5, 0.6) is 5.75 Å². The van der Waals surface area contributed by atoms with Crippen LogP contribution in [-0.4, -0.2) is 36.7 Å². The number of rotatable bonds is 4. The lowest BCUT2D eigenvalue weighted by atomic mass is 10.1. The summed E-state index contributed by atoms with van der Waals surface area (Å²) in [6.07, 6.45) is -0.640. The second-order valence-corrected chi connectivity index (χ2v) is 5.81. The van der Waals surface area contributed by atoms with Crippen molar-refractivity contribution in [1.29, 1.82) is 0 Å². The number of hydroxylamine groups is 1. The van der Waals surface area contributed by atoms with E-state index in [0.717, 1.165) is 5.56 Å². The molecule has 1 aliphatic rings. The largest absolute Gasteiger partial charge is 0.477 e. The predicted octanol–water partition coefficient (Wildman–Crippen LogP) is 1.74. The van der Waals surface area contributed by atoms with Crippen LogP contribution in [-0.2, 0) is 11.3 Å². The van der Waals surface area contributed by atoms with Crippen LogP contribution < -0.4 is 20.4 Å². The van der Waals surface area contributed by atoms with Crippen LogP contribution in [0.3, 0.4) is 0 Å². The van der Waals surface area contributed by atoms with E-state index < -0.39 is 12.0 Å². The summed E-state index contributed by atoms with van der Waals surface area (Å²) in [7, 11) is 1.82. The summed E-state index contributed by atoms with van der Waals surface area (Å²) in [6.45, 7) is 0.795. The Morgan fingerprint density at radius 3 is 2.65 bits per heavy atom. The number of nitrogens with one attached hydrogen (secondary N) is 2. The minimum absolute atomic E-state index is 0. The molecule has 8 heteroatoms. The highest BCUT2D eigenvalue weighted by Gasteiger charge is 2.29. The van der Waals surface area contributed by atoms with Crippen molar-refractivity contribution in [3.63, 3.8) is 0 Å². The number of halogens is 1. The van der Waals surface area contributed by atoms with Gasteiger partial charge in [0.05, 0.1) is 12.2 Å². The van der Waals surface area contributed by atoms with E-state index in [1.807, 2.05) is 42.3 Å². The number of fused-ring (bicyclic) bond motifs is 1. The van der Waals surface area contributed by atoms with Crippen molar-refractivity contribution in [1.82, 2.24) is 10.8 Å². The number of hydrogen-bond donors (Lipinski definition) is 3. The highest BCUT2D eigenvalue weighted by molar-refractivity contribution is 5.95. The van der Waals surface area contributed by atoms with E-state index >= 15 is 0 Å². The molecule has 2 amide bonds. The Bertz CT molecular complexity index is 785. The van der Waals surface area contributed by atoms with E-state index in [2.05, 4.69) is 5.32 Å². The zero-order valence-electron chi connectivity index (χ0n) is 14.1. The fourth-order valence-corrected chi connectivity index (χ4v) is 2.69. The van der Waals surface area contributed by atoms with Crippen LogP contribution in [0.25, 0.3) is 0 Å². The van der Waals surface area contributed by atoms with Crippen molar-refractivity contribution in [2.45, 2.75) is 12.6 Å². The molecular formula is C18H20ClN3O4. The molecule has 1 unspecified atom stereocenters. The quantitative estimate of drug-likeness (QED) is 0.557. The number of carbonyl (C=O) groups is 2. The lowest BCUT2D eigenvalue weighted by Gasteiger charge is -2.33. The Morgan fingerprint density at radius 2 is 1.96 bits per heavy atom. The molecule has 0 fully saturated rings. The second-order valence-electron chi connectivity index (χ2n) is 5.81. The van der Waals surface area contributed by atoms with Gasteiger partial charge in [-0.15, -0.1) is 12.4 Å². The van der Waals surface area contributed by atoms with Gasteiger partial charge in [0.15, 0.2) is 6.10 Å². The van der Waals surface area contributed by atoms with Crippen molar-refractivity contribution in [3.8, 4) is 5.75 Å². The Morgan fingerprint density at radius 1 is 1.23 bits per heavy atom. The maximum atomic E-state index is 12.4. The average molecular weight is 378 g/mol. The summed E-state index contributed by atoms with van der Waals surface area (Å²) < 4.78 is 5.77. The molecule has 0 saturated carbocycles. The Kier molecular flexibility index (Phi) is 6.43. The van der Waals surface area contributed by atoms with Gasteiger partial charge in [0.2, 0.25) is 0 Å². The first kappa shape index (κ1) is 19.6. The normalized spacial score (nSPS) is 15.2. The predicted molar refractivity (Wildman–Crippen MR) is 98.9 cm³/mol. The van der Waals surface area contributed by atoms with Crippen molar-refractivity contribution in [3.05, 3.63) is 59.7 Å². The minimum atomic E-state index is -0.640. The molecule has 0 bridgehead atoms. The van der Waals surface area contributed by atoms with Gasteiger partial charge in [0.25, 0.3) is 11.8 Å². The highest BCUT2D eigenvalue weighted by atomic mass is 35.5.